The van der Waals surface area contributed by atoms with Gasteiger partial charge in [0.2, 0.25) is 0 Å². The van der Waals surface area contributed by atoms with Crippen molar-refractivity contribution in [3.8, 4) is 0 Å². The van der Waals surface area contributed by atoms with Crippen molar-refractivity contribution in [1.29, 1.82) is 0 Å². The van der Waals surface area contributed by atoms with E-state index in [-0.39, 0.29) is 17.3 Å². The lowest BCUT2D eigenvalue weighted by atomic mass is 10.1. The fraction of sp³-hybridized carbons (Fsp3) is 0.176. The summed E-state index contributed by atoms with van der Waals surface area (Å²) in [6, 6.07) is 8.03. The van der Waals surface area contributed by atoms with E-state index < -0.39 is 5.97 Å². The van der Waals surface area contributed by atoms with E-state index in [1.165, 1.54) is 23.5 Å². The number of carbonyl (C=O) groups excluding carboxylic acids is 1. The monoisotopic (exact) mass is 346 g/mol. The number of thiophene rings is 1. The number of fused-ring (bicyclic) bond motifs is 1. The molecule has 1 amide bonds. The Kier molecular flexibility index (Phi) is 4.61. The van der Waals surface area contributed by atoms with Crippen molar-refractivity contribution in [3.05, 3.63) is 58.3 Å². The Morgan fingerprint density at radius 2 is 2.12 bits per heavy atom. The number of aromatic amines is 1. The quantitative estimate of drug-likeness (QED) is 0.598. The molecule has 3 rings (SSSR count). The van der Waals surface area contributed by atoms with Gasteiger partial charge in [0.05, 0.1) is 15.8 Å². The molecule has 24 heavy (non-hydrogen) atoms. The lowest BCUT2D eigenvalue weighted by Crippen LogP contribution is -2.25. The Bertz CT molecular complexity index is 900. The first kappa shape index (κ1) is 16.2. The molecule has 0 saturated carbocycles. The summed E-state index contributed by atoms with van der Waals surface area (Å²) in [6.45, 7) is 0.452. The first-order valence-electron chi connectivity index (χ1n) is 7.41. The normalized spacial score (nSPS) is 10.9. The summed E-state index contributed by atoms with van der Waals surface area (Å²) in [7, 11) is 0. The molecule has 2 heterocycles. The molecule has 0 aliphatic carbocycles. The Labute approximate surface area is 141 Å². The third-order valence-electron chi connectivity index (χ3n) is 3.65. The van der Waals surface area contributed by atoms with Crippen LogP contribution in [0.15, 0.2) is 35.7 Å². The topological polar surface area (TPSA) is 82.2 Å². The lowest BCUT2D eigenvalue weighted by molar-refractivity contribution is 0.0699. The van der Waals surface area contributed by atoms with Crippen LogP contribution in [0, 0.1) is 5.82 Å². The summed E-state index contributed by atoms with van der Waals surface area (Å²) in [4.78, 5) is 26.1. The molecule has 0 aliphatic heterocycles. The van der Waals surface area contributed by atoms with Gasteiger partial charge >= 0.3 is 5.97 Å². The summed E-state index contributed by atoms with van der Waals surface area (Å²) in [6.07, 6.45) is 1.35. The number of hydrogen-bond donors (Lipinski definition) is 3. The number of H-pyrrole nitrogens is 1. The number of hydrogen-bond acceptors (Lipinski definition) is 3. The number of aromatic carboxylic acids is 1. The molecule has 0 spiro atoms. The Morgan fingerprint density at radius 3 is 2.88 bits per heavy atom. The second kappa shape index (κ2) is 6.84. The first-order valence-corrected chi connectivity index (χ1v) is 8.28. The molecule has 0 radical (unpaired) electrons. The van der Waals surface area contributed by atoms with Crippen LogP contribution in [0.5, 0.6) is 0 Å². The van der Waals surface area contributed by atoms with Crippen LogP contribution < -0.4 is 5.32 Å². The average molecular weight is 346 g/mol. The molecule has 3 N–H and O–H groups in total. The van der Waals surface area contributed by atoms with Crippen LogP contribution in [0.3, 0.4) is 0 Å². The minimum absolute atomic E-state index is 0.167. The van der Waals surface area contributed by atoms with Gasteiger partial charge in [0, 0.05) is 11.9 Å². The number of carbonyl (C=O) groups is 2. The van der Waals surface area contributed by atoms with Crippen LogP contribution in [0.2, 0.25) is 0 Å². The van der Waals surface area contributed by atoms with E-state index in [9.17, 15) is 14.0 Å². The number of carboxylic acid groups (broad SMARTS) is 1. The molecule has 124 valence electrons. The van der Waals surface area contributed by atoms with Crippen molar-refractivity contribution >= 4 is 33.4 Å². The van der Waals surface area contributed by atoms with E-state index in [2.05, 4.69) is 10.3 Å². The number of aryl methyl sites for hydroxylation is 1. The SMILES string of the molecule is O=C(NCCCc1cccc(F)c1)c1cc2scc(C(=O)O)c2[nH]1. The summed E-state index contributed by atoms with van der Waals surface area (Å²) in [5, 5.41) is 13.4. The van der Waals surface area contributed by atoms with Gasteiger partial charge in [-0.3, -0.25) is 4.79 Å². The molecular weight excluding hydrogens is 331 g/mol. The molecule has 0 unspecified atom stereocenters. The van der Waals surface area contributed by atoms with Crippen LogP contribution in [-0.4, -0.2) is 28.5 Å². The zero-order valence-corrected chi connectivity index (χ0v) is 13.5. The molecule has 0 aliphatic rings. The van der Waals surface area contributed by atoms with Crippen molar-refractivity contribution in [2.45, 2.75) is 12.8 Å². The van der Waals surface area contributed by atoms with Gasteiger partial charge in [-0.25, -0.2) is 9.18 Å². The molecule has 2 aromatic heterocycles. The lowest BCUT2D eigenvalue weighted by Gasteiger charge is -2.04. The van der Waals surface area contributed by atoms with Crippen molar-refractivity contribution in [1.82, 2.24) is 10.3 Å². The smallest absolute Gasteiger partial charge is 0.338 e. The molecule has 5 nitrogen and oxygen atoms in total. The number of aromatic nitrogens is 1. The van der Waals surface area contributed by atoms with E-state index in [1.807, 2.05) is 6.07 Å². The average Bonchev–Trinajstić information content (AvgIpc) is 3.11. The van der Waals surface area contributed by atoms with Crippen LogP contribution in [0.4, 0.5) is 4.39 Å². The minimum Gasteiger partial charge on any atom is -0.478 e. The predicted molar refractivity (Wildman–Crippen MR) is 90.2 cm³/mol. The van der Waals surface area contributed by atoms with E-state index >= 15 is 0 Å². The van der Waals surface area contributed by atoms with E-state index in [4.69, 9.17) is 5.11 Å². The standard InChI is InChI=1S/C17H15FN2O3S/c18-11-5-1-3-10(7-11)4-2-6-19-16(21)13-8-14-15(20-13)12(9-24-14)17(22)23/h1,3,5,7-9,20H,2,4,6H2,(H,19,21)(H,22,23). The molecule has 1 aromatic carbocycles. The highest BCUT2D eigenvalue weighted by Crippen LogP contribution is 2.26. The fourth-order valence-corrected chi connectivity index (χ4v) is 3.40. The van der Waals surface area contributed by atoms with Crippen molar-refractivity contribution < 1.29 is 19.1 Å². The minimum atomic E-state index is -1.02. The molecular formula is C17H15FN2O3S. The van der Waals surface area contributed by atoms with Gasteiger partial charge in [0.1, 0.15) is 11.5 Å². The van der Waals surface area contributed by atoms with Crippen LogP contribution >= 0.6 is 11.3 Å². The number of benzene rings is 1. The summed E-state index contributed by atoms with van der Waals surface area (Å²) in [5.41, 5.74) is 1.86. The van der Waals surface area contributed by atoms with Gasteiger partial charge in [0.25, 0.3) is 5.91 Å². The highest BCUT2D eigenvalue weighted by molar-refractivity contribution is 7.17. The third kappa shape index (κ3) is 3.46. The van der Waals surface area contributed by atoms with Gasteiger partial charge < -0.3 is 15.4 Å². The first-order chi connectivity index (χ1) is 11.5. The van der Waals surface area contributed by atoms with E-state index in [0.29, 0.717) is 30.6 Å². The van der Waals surface area contributed by atoms with Gasteiger partial charge in [-0.05, 0) is 36.6 Å². The Balaban J connectivity index is 1.56. The van der Waals surface area contributed by atoms with Crippen molar-refractivity contribution in [2.75, 3.05) is 6.54 Å². The Hall–Kier alpha value is -2.67. The molecule has 7 heteroatoms. The molecule has 0 bridgehead atoms. The highest BCUT2D eigenvalue weighted by Gasteiger charge is 2.16. The number of nitrogens with one attached hydrogen (secondary N) is 2. The number of halogens is 1. The molecule has 0 saturated heterocycles. The molecule has 0 fully saturated rings. The third-order valence-corrected chi connectivity index (χ3v) is 4.58. The summed E-state index contributed by atoms with van der Waals surface area (Å²) < 4.78 is 13.8. The maximum atomic E-state index is 13.1. The number of amides is 1. The van der Waals surface area contributed by atoms with Crippen molar-refractivity contribution in [2.24, 2.45) is 0 Å². The predicted octanol–water partition coefficient (Wildman–Crippen LogP) is 3.43. The van der Waals surface area contributed by atoms with Gasteiger partial charge in [-0.2, -0.15) is 0 Å². The second-order valence-corrected chi connectivity index (χ2v) is 6.28. The maximum absolute atomic E-state index is 13.1. The van der Waals surface area contributed by atoms with Crippen LogP contribution in [-0.2, 0) is 6.42 Å². The summed E-state index contributed by atoms with van der Waals surface area (Å²) >= 11 is 1.28. The fourth-order valence-electron chi connectivity index (χ4n) is 2.47. The second-order valence-electron chi connectivity index (χ2n) is 5.37. The number of carboxylic acids is 1. The van der Waals surface area contributed by atoms with E-state index in [1.54, 1.807) is 17.5 Å². The number of rotatable bonds is 6. The van der Waals surface area contributed by atoms with Gasteiger partial charge in [-0.15, -0.1) is 11.3 Å². The van der Waals surface area contributed by atoms with E-state index in [0.717, 1.165) is 10.3 Å². The largest absolute Gasteiger partial charge is 0.478 e. The van der Waals surface area contributed by atoms with Gasteiger partial charge in [0.15, 0.2) is 0 Å². The molecule has 3 aromatic rings. The summed E-state index contributed by atoms with van der Waals surface area (Å²) in [5.74, 6) is -1.57. The zero-order valence-electron chi connectivity index (χ0n) is 12.6. The van der Waals surface area contributed by atoms with Crippen molar-refractivity contribution in [3.63, 3.8) is 0 Å². The van der Waals surface area contributed by atoms with Crippen LogP contribution in [0.1, 0.15) is 32.8 Å². The van der Waals surface area contributed by atoms with Gasteiger partial charge in [-0.1, -0.05) is 12.1 Å². The Morgan fingerprint density at radius 1 is 1.29 bits per heavy atom. The van der Waals surface area contributed by atoms with Crippen LogP contribution in [0.25, 0.3) is 10.2 Å². The zero-order chi connectivity index (χ0) is 17.1. The molecule has 0 atom stereocenters. The maximum Gasteiger partial charge on any atom is 0.338 e. The highest BCUT2D eigenvalue weighted by atomic mass is 32.1.